The van der Waals surface area contributed by atoms with Crippen molar-refractivity contribution in [2.24, 2.45) is 4.99 Å². The number of alkyl carbamates (subject to hydrolysis) is 1. The van der Waals surface area contributed by atoms with Crippen molar-refractivity contribution in [2.75, 3.05) is 39.8 Å². The van der Waals surface area contributed by atoms with Gasteiger partial charge in [0.05, 0.1) is 6.10 Å². The third-order valence-corrected chi connectivity index (χ3v) is 5.11. The number of carbonyl (C=O) groups is 1. The number of likely N-dealkylation sites (tertiary alicyclic amines) is 1. The summed E-state index contributed by atoms with van der Waals surface area (Å²) in [7, 11) is 1.83. The van der Waals surface area contributed by atoms with Crippen molar-refractivity contribution in [2.45, 2.75) is 65.1 Å². The largest absolute Gasteiger partial charge is 0.444 e. The molecular weight excluding hydrogens is 521 g/mol. The van der Waals surface area contributed by atoms with Gasteiger partial charge in [-0.05, 0) is 70.6 Å². The number of pyridine rings is 1. The van der Waals surface area contributed by atoms with Crippen LogP contribution in [0.15, 0.2) is 23.5 Å². The van der Waals surface area contributed by atoms with Gasteiger partial charge in [0.15, 0.2) is 5.96 Å². The standard InChI is InChI=1S/C23H39N5O3.HI/c1-18-17-25-12-7-19(18)8-13-26-21(24-5)28-14-9-20(10-15-28)30-16-6-11-27-22(29)31-23(2,3)4;/h7,12,17,20H,6,8-11,13-16H2,1-5H3,(H,24,26)(H,27,29);1H. The van der Waals surface area contributed by atoms with Crippen LogP contribution < -0.4 is 10.6 Å². The van der Waals surface area contributed by atoms with E-state index in [0.29, 0.717) is 13.2 Å². The summed E-state index contributed by atoms with van der Waals surface area (Å²) in [5.74, 6) is 0.951. The topological polar surface area (TPSA) is 88.1 Å². The van der Waals surface area contributed by atoms with Crippen molar-refractivity contribution >= 4 is 36.0 Å². The van der Waals surface area contributed by atoms with Gasteiger partial charge in [0, 0.05) is 52.2 Å². The van der Waals surface area contributed by atoms with E-state index in [4.69, 9.17) is 9.47 Å². The summed E-state index contributed by atoms with van der Waals surface area (Å²) in [5.41, 5.74) is 2.06. The first-order valence-corrected chi connectivity index (χ1v) is 11.2. The minimum atomic E-state index is -0.470. The zero-order valence-electron chi connectivity index (χ0n) is 20.1. The maximum atomic E-state index is 11.6. The number of piperidine rings is 1. The average molecular weight is 562 g/mol. The summed E-state index contributed by atoms with van der Waals surface area (Å²) < 4.78 is 11.2. The van der Waals surface area contributed by atoms with Gasteiger partial charge in [-0.15, -0.1) is 24.0 Å². The lowest BCUT2D eigenvalue weighted by Gasteiger charge is -2.34. The van der Waals surface area contributed by atoms with E-state index < -0.39 is 5.60 Å². The molecule has 1 aromatic heterocycles. The van der Waals surface area contributed by atoms with Crippen LogP contribution >= 0.6 is 24.0 Å². The maximum Gasteiger partial charge on any atom is 0.407 e. The highest BCUT2D eigenvalue weighted by Crippen LogP contribution is 2.14. The highest BCUT2D eigenvalue weighted by atomic mass is 127. The third-order valence-electron chi connectivity index (χ3n) is 5.11. The van der Waals surface area contributed by atoms with Crippen LogP contribution in [0.5, 0.6) is 0 Å². The zero-order valence-corrected chi connectivity index (χ0v) is 22.5. The highest BCUT2D eigenvalue weighted by Gasteiger charge is 2.22. The molecule has 1 aliphatic rings. The van der Waals surface area contributed by atoms with E-state index in [1.807, 2.05) is 40.2 Å². The molecule has 1 aromatic rings. The van der Waals surface area contributed by atoms with E-state index >= 15 is 0 Å². The Morgan fingerprint density at radius 1 is 1.25 bits per heavy atom. The van der Waals surface area contributed by atoms with E-state index in [2.05, 4.69) is 38.5 Å². The summed E-state index contributed by atoms with van der Waals surface area (Å²) in [6.07, 6.45) is 7.31. The first-order chi connectivity index (χ1) is 14.8. The Morgan fingerprint density at radius 3 is 2.59 bits per heavy atom. The average Bonchev–Trinajstić information content (AvgIpc) is 2.71. The molecule has 32 heavy (non-hydrogen) atoms. The molecule has 2 rings (SSSR count). The van der Waals surface area contributed by atoms with Gasteiger partial charge in [-0.2, -0.15) is 0 Å². The molecule has 2 N–H and O–H groups in total. The lowest BCUT2D eigenvalue weighted by Crippen LogP contribution is -2.47. The van der Waals surface area contributed by atoms with Crippen molar-refractivity contribution in [1.29, 1.82) is 0 Å². The number of nitrogens with one attached hydrogen (secondary N) is 2. The fourth-order valence-electron chi connectivity index (χ4n) is 3.49. The summed E-state index contributed by atoms with van der Waals surface area (Å²) in [6, 6.07) is 2.08. The van der Waals surface area contributed by atoms with Crippen molar-refractivity contribution < 1.29 is 14.3 Å². The highest BCUT2D eigenvalue weighted by molar-refractivity contribution is 14.0. The molecule has 182 valence electrons. The van der Waals surface area contributed by atoms with Crippen LogP contribution in [0.4, 0.5) is 4.79 Å². The van der Waals surface area contributed by atoms with E-state index in [9.17, 15) is 4.79 Å². The smallest absolute Gasteiger partial charge is 0.407 e. The van der Waals surface area contributed by atoms with Crippen LogP contribution in [0, 0.1) is 6.92 Å². The second-order valence-corrected chi connectivity index (χ2v) is 8.87. The Hall–Kier alpha value is -1.62. The number of hydrogen-bond acceptors (Lipinski definition) is 5. The van der Waals surface area contributed by atoms with Crippen molar-refractivity contribution in [3.8, 4) is 0 Å². The minimum absolute atomic E-state index is 0. The molecule has 2 heterocycles. The molecular formula is C23H40IN5O3. The lowest BCUT2D eigenvalue weighted by molar-refractivity contribution is 0.0170. The molecule has 0 unspecified atom stereocenters. The van der Waals surface area contributed by atoms with Gasteiger partial charge in [0.2, 0.25) is 0 Å². The normalized spacial score (nSPS) is 15.2. The SMILES string of the molecule is CN=C(NCCc1ccncc1C)N1CCC(OCCCNC(=O)OC(C)(C)C)CC1.I. The number of carbonyl (C=O) groups excluding carboxylic acids is 1. The predicted molar refractivity (Wildman–Crippen MR) is 139 cm³/mol. The zero-order chi connectivity index (χ0) is 22.7. The number of halogens is 1. The molecule has 0 aromatic carbocycles. The number of nitrogens with zero attached hydrogens (tertiary/aromatic N) is 3. The Morgan fingerprint density at radius 2 is 1.97 bits per heavy atom. The predicted octanol–water partition coefficient (Wildman–Crippen LogP) is 3.52. The van der Waals surface area contributed by atoms with Gasteiger partial charge in [-0.3, -0.25) is 9.98 Å². The second kappa shape index (κ2) is 14.5. The van der Waals surface area contributed by atoms with Crippen LogP contribution in [0.3, 0.4) is 0 Å². The van der Waals surface area contributed by atoms with Crippen molar-refractivity contribution in [3.63, 3.8) is 0 Å². The number of amides is 1. The number of rotatable bonds is 8. The van der Waals surface area contributed by atoms with Gasteiger partial charge in [-0.25, -0.2) is 4.79 Å². The number of ether oxygens (including phenoxy) is 2. The molecule has 1 saturated heterocycles. The van der Waals surface area contributed by atoms with Gasteiger partial charge >= 0.3 is 6.09 Å². The fraction of sp³-hybridized carbons (Fsp3) is 0.696. The maximum absolute atomic E-state index is 11.6. The quantitative estimate of drug-likeness (QED) is 0.219. The van der Waals surface area contributed by atoms with Gasteiger partial charge < -0.3 is 25.0 Å². The molecule has 1 fully saturated rings. The van der Waals surface area contributed by atoms with E-state index in [-0.39, 0.29) is 36.2 Å². The monoisotopic (exact) mass is 561 g/mol. The molecule has 8 nitrogen and oxygen atoms in total. The van der Waals surface area contributed by atoms with Crippen LogP contribution in [0.2, 0.25) is 0 Å². The van der Waals surface area contributed by atoms with Crippen LogP contribution in [0.1, 0.15) is 51.2 Å². The number of aromatic nitrogens is 1. The molecule has 0 saturated carbocycles. The number of aryl methyl sites for hydroxylation is 1. The lowest BCUT2D eigenvalue weighted by atomic mass is 10.1. The van der Waals surface area contributed by atoms with Gasteiger partial charge in [-0.1, -0.05) is 0 Å². The molecule has 0 aliphatic carbocycles. The van der Waals surface area contributed by atoms with E-state index in [1.54, 1.807) is 0 Å². The molecule has 1 aliphatic heterocycles. The summed E-state index contributed by atoms with van der Waals surface area (Å²) in [5, 5.41) is 6.24. The van der Waals surface area contributed by atoms with E-state index in [1.165, 1.54) is 11.1 Å². The second-order valence-electron chi connectivity index (χ2n) is 8.87. The van der Waals surface area contributed by atoms with Gasteiger partial charge in [0.1, 0.15) is 5.60 Å². The molecule has 0 atom stereocenters. The van der Waals surface area contributed by atoms with Crippen LogP contribution in [0.25, 0.3) is 0 Å². The molecule has 9 heteroatoms. The fourth-order valence-corrected chi connectivity index (χ4v) is 3.49. The minimum Gasteiger partial charge on any atom is -0.444 e. The van der Waals surface area contributed by atoms with Crippen molar-refractivity contribution in [1.82, 2.24) is 20.5 Å². The van der Waals surface area contributed by atoms with Gasteiger partial charge in [0.25, 0.3) is 0 Å². The van der Waals surface area contributed by atoms with Crippen LogP contribution in [-0.2, 0) is 15.9 Å². The summed E-state index contributed by atoms with van der Waals surface area (Å²) >= 11 is 0. The first kappa shape index (κ1) is 28.4. The first-order valence-electron chi connectivity index (χ1n) is 11.2. The molecule has 0 spiro atoms. The Kier molecular flexibility index (Phi) is 12.9. The summed E-state index contributed by atoms with van der Waals surface area (Å²) in [6.45, 7) is 11.5. The number of hydrogen-bond donors (Lipinski definition) is 2. The Labute approximate surface area is 210 Å². The Balaban J connectivity index is 0.00000512. The molecule has 0 bridgehead atoms. The molecule has 0 radical (unpaired) electrons. The van der Waals surface area contributed by atoms with Crippen molar-refractivity contribution in [3.05, 3.63) is 29.6 Å². The summed E-state index contributed by atoms with van der Waals surface area (Å²) in [4.78, 5) is 22.5. The Bertz CT molecular complexity index is 716. The number of aliphatic imine (C=N–C) groups is 1. The number of guanidine groups is 1. The van der Waals surface area contributed by atoms with Crippen LogP contribution in [-0.4, -0.2) is 73.5 Å². The third kappa shape index (κ3) is 10.8. The molecule has 1 amide bonds. The van der Waals surface area contributed by atoms with E-state index in [0.717, 1.165) is 51.3 Å².